The Morgan fingerprint density at radius 1 is 0.842 bits per heavy atom. The van der Waals surface area contributed by atoms with Gasteiger partial charge in [-0.3, -0.25) is 4.90 Å². The van der Waals surface area contributed by atoms with Crippen molar-refractivity contribution in [2.24, 2.45) is 10.8 Å². The van der Waals surface area contributed by atoms with Gasteiger partial charge in [-0.25, -0.2) is 0 Å². The van der Waals surface area contributed by atoms with Gasteiger partial charge in [0, 0.05) is 18.6 Å². The fraction of sp³-hybridized carbons (Fsp3) is 1.00. The van der Waals surface area contributed by atoms with Crippen molar-refractivity contribution in [3.63, 3.8) is 0 Å². The molecule has 2 aliphatic heterocycles. The summed E-state index contributed by atoms with van der Waals surface area (Å²) in [4.78, 5) is 5.39. The van der Waals surface area contributed by atoms with E-state index in [9.17, 15) is 0 Å². The molecule has 2 heteroatoms. The fourth-order valence-electron chi connectivity index (χ4n) is 3.89. The second-order valence-corrected chi connectivity index (χ2v) is 9.18. The first-order valence-corrected chi connectivity index (χ1v) is 8.07. The molecule has 2 rings (SSSR count). The van der Waals surface area contributed by atoms with Crippen LogP contribution in [0.3, 0.4) is 0 Å². The summed E-state index contributed by atoms with van der Waals surface area (Å²) in [5, 5.41) is 0. The van der Waals surface area contributed by atoms with Gasteiger partial charge in [0.25, 0.3) is 0 Å². The van der Waals surface area contributed by atoms with Crippen molar-refractivity contribution in [3.05, 3.63) is 0 Å². The molecule has 0 aromatic carbocycles. The van der Waals surface area contributed by atoms with Crippen molar-refractivity contribution < 1.29 is 0 Å². The molecule has 0 saturated carbocycles. The first kappa shape index (κ1) is 15.3. The van der Waals surface area contributed by atoms with Gasteiger partial charge in [0.2, 0.25) is 0 Å². The molecule has 2 nitrogen and oxygen atoms in total. The number of piperidine rings is 1. The third-order valence-electron chi connectivity index (χ3n) is 4.99. The van der Waals surface area contributed by atoms with Crippen LogP contribution in [0.2, 0.25) is 0 Å². The minimum atomic E-state index is 0.352. The Labute approximate surface area is 120 Å². The normalized spacial score (nSPS) is 26.2. The summed E-state index contributed by atoms with van der Waals surface area (Å²) in [5.41, 5.74) is 1.44. The van der Waals surface area contributed by atoms with Crippen LogP contribution in [-0.2, 0) is 0 Å². The summed E-state index contributed by atoms with van der Waals surface area (Å²) < 4.78 is 0. The lowest BCUT2D eigenvalue weighted by Crippen LogP contribution is -2.49. The van der Waals surface area contributed by atoms with Crippen molar-refractivity contribution >= 4 is 0 Å². The van der Waals surface area contributed by atoms with E-state index in [0.717, 1.165) is 0 Å². The summed E-state index contributed by atoms with van der Waals surface area (Å²) >= 11 is 0. The Morgan fingerprint density at radius 2 is 1.37 bits per heavy atom. The van der Waals surface area contributed by atoms with Gasteiger partial charge in [0.1, 0.15) is 0 Å². The van der Waals surface area contributed by atoms with Gasteiger partial charge in [0.15, 0.2) is 0 Å². The molecule has 112 valence electrons. The van der Waals surface area contributed by atoms with Crippen molar-refractivity contribution in [1.29, 1.82) is 0 Å². The Morgan fingerprint density at radius 3 is 1.84 bits per heavy atom. The van der Waals surface area contributed by atoms with E-state index in [4.69, 9.17) is 0 Å². The summed E-state index contributed by atoms with van der Waals surface area (Å²) in [5.74, 6) is 0. The average Bonchev–Trinajstić information content (AvgIpc) is 2.58. The lowest BCUT2D eigenvalue weighted by Gasteiger charge is -2.45. The Balaban J connectivity index is 1.88. The molecular weight excluding hydrogens is 232 g/mol. The van der Waals surface area contributed by atoms with Crippen molar-refractivity contribution in [3.8, 4) is 0 Å². The van der Waals surface area contributed by atoms with E-state index >= 15 is 0 Å². The van der Waals surface area contributed by atoms with Gasteiger partial charge in [-0.2, -0.15) is 0 Å². The van der Waals surface area contributed by atoms with Gasteiger partial charge >= 0.3 is 0 Å². The number of likely N-dealkylation sites (tertiary alicyclic amines) is 2. The first-order chi connectivity index (χ1) is 8.60. The zero-order valence-electron chi connectivity index (χ0n) is 14.1. The Bertz CT molecular complexity index is 300. The monoisotopic (exact) mass is 266 g/mol. The Kier molecular flexibility index (Phi) is 4.06. The van der Waals surface area contributed by atoms with Crippen LogP contribution in [0.15, 0.2) is 0 Å². The fourth-order valence-corrected chi connectivity index (χ4v) is 3.89. The molecule has 0 amide bonds. The van der Waals surface area contributed by atoms with Crippen LogP contribution >= 0.6 is 0 Å². The highest BCUT2D eigenvalue weighted by atomic mass is 15.2. The van der Waals surface area contributed by atoms with Crippen molar-refractivity contribution in [2.45, 2.75) is 66.3 Å². The predicted octanol–water partition coefficient (Wildman–Crippen LogP) is 3.62. The Hall–Kier alpha value is -0.0800. The molecule has 0 atom stereocenters. The molecule has 0 aliphatic carbocycles. The minimum absolute atomic E-state index is 0.352. The van der Waals surface area contributed by atoms with Gasteiger partial charge < -0.3 is 4.90 Å². The van der Waals surface area contributed by atoms with E-state index in [2.05, 4.69) is 51.3 Å². The lowest BCUT2D eigenvalue weighted by atomic mass is 9.77. The van der Waals surface area contributed by atoms with Crippen molar-refractivity contribution in [1.82, 2.24) is 9.80 Å². The van der Waals surface area contributed by atoms with Gasteiger partial charge in [-0.1, -0.05) is 20.8 Å². The average molecular weight is 266 g/mol. The quantitative estimate of drug-likeness (QED) is 0.715. The summed E-state index contributed by atoms with van der Waals surface area (Å²) in [6, 6.07) is 0. The van der Waals surface area contributed by atoms with Crippen LogP contribution in [0.4, 0.5) is 0 Å². The molecule has 0 unspecified atom stereocenters. The highest BCUT2D eigenvalue weighted by Gasteiger charge is 2.42. The third-order valence-corrected chi connectivity index (χ3v) is 4.99. The number of hydrogen-bond acceptors (Lipinski definition) is 2. The maximum atomic E-state index is 2.72. The molecular formula is C17H34N2. The third kappa shape index (κ3) is 3.95. The standard InChI is InChI=1S/C17H34N2/c1-15(2,3)13-18-10-7-17(14-18)8-11-19(12-9-17)16(4,5)6/h7-14H2,1-6H3. The second kappa shape index (κ2) is 5.04. The van der Waals surface area contributed by atoms with Crippen LogP contribution in [0.5, 0.6) is 0 Å². The number of nitrogens with zero attached hydrogens (tertiary/aromatic N) is 2. The molecule has 0 aromatic heterocycles. The maximum Gasteiger partial charge on any atom is 0.0125 e. The predicted molar refractivity (Wildman–Crippen MR) is 83.5 cm³/mol. The first-order valence-electron chi connectivity index (χ1n) is 8.07. The van der Waals surface area contributed by atoms with Crippen LogP contribution in [0, 0.1) is 10.8 Å². The van der Waals surface area contributed by atoms with Crippen LogP contribution in [-0.4, -0.2) is 48.1 Å². The van der Waals surface area contributed by atoms with E-state index in [1.807, 2.05) is 0 Å². The molecule has 2 fully saturated rings. The van der Waals surface area contributed by atoms with Gasteiger partial charge in [-0.05, 0) is 70.5 Å². The molecule has 0 radical (unpaired) electrons. The topological polar surface area (TPSA) is 6.48 Å². The molecule has 1 spiro atoms. The lowest BCUT2D eigenvalue weighted by molar-refractivity contribution is 0.0445. The van der Waals surface area contributed by atoms with Gasteiger partial charge in [-0.15, -0.1) is 0 Å². The summed E-state index contributed by atoms with van der Waals surface area (Å²) in [6.45, 7) is 20.7. The molecule has 2 saturated heterocycles. The van der Waals surface area contributed by atoms with E-state index in [-0.39, 0.29) is 0 Å². The molecule has 0 bridgehead atoms. The molecule has 2 heterocycles. The summed E-state index contributed by atoms with van der Waals surface area (Å²) in [7, 11) is 0. The van der Waals surface area contributed by atoms with Crippen LogP contribution in [0.25, 0.3) is 0 Å². The second-order valence-electron chi connectivity index (χ2n) is 9.18. The van der Waals surface area contributed by atoms with Gasteiger partial charge in [0.05, 0.1) is 0 Å². The van der Waals surface area contributed by atoms with E-state index in [1.54, 1.807) is 0 Å². The van der Waals surface area contributed by atoms with E-state index < -0.39 is 0 Å². The highest BCUT2D eigenvalue weighted by Crippen LogP contribution is 2.42. The SMILES string of the molecule is CC(C)(C)CN1CCC2(CCN(C(C)(C)C)CC2)C1. The largest absolute Gasteiger partial charge is 0.302 e. The van der Waals surface area contributed by atoms with Crippen LogP contribution < -0.4 is 0 Å². The molecule has 2 aliphatic rings. The minimum Gasteiger partial charge on any atom is -0.302 e. The molecule has 0 N–H and O–H groups in total. The number of hydrogen-bond donors (Lipinski definition) is 0. The molecule has 19 heavy (non-hydrogen) atoms. The zero-order chi connectivity index (χ0) is 14.3. The van der Waals surface area contributed by atoms with E-state index in [0.29, 0.717) is 16.4 Å². The van der Waals surface area contributed by atoms with Crippen LogP contribution in [0.1, 0.15) is 60.8 Å². The molecule has 0 aromatic rings. The summed E-state index contributed by atoms with van der Waals surface area (Å²) in [6.07, 6.45) is 4.25. The zero-order valence-corrected chi connectivity index (χ0v) is 14.1. The highest BCUT2D eigenvalue weighted by molar-refractivity contribution is 4.96. The maximum absolute atomic E-state index is 2.72. The van der Waals surface area contributed by atoms with Crippen molar-refractivity contribution in [2.75, 3.05) is 32.7 Å². The van der Waals surface area contributed by atoms with E-state index in [1.165, 1.54) is 52.0 Å². The number of rotatable bonds is 1. The smallest absolute Gasteiger partial charge is 0.0125 e.